The van der Waals surface area contributed by atoms with Crippen LogP contribution in [0.25, 0.3) is 0 Å². The molecular weight excluding hydrogens is 178 g/mol. The van der Waals surface area contributed by atoms with Crippen LogP contribution in [0, 0.1) is 5.92 Å². The molecule has 0 bridgehead atoms. The molecule has 0 aromatic carbocycles. The lowest BCUT2D eigenvalue weighted by Crippen LogP contribution is -2.34. The van der Waals surface area contributed by atoms with Gasteiger partial charge in [-0.25, -0.2) is 0 Å². The Morgan fingerprint density at radius 2 is 1.75 bits per heavy atom. The van der Waals surface area contributed by atoms with E-state index in [0.29, 0.717) is 24.9 Å². The van der Waals surface area contributed by atoms with Gasteiger partial charge < -0.3 is 10.2 Å². The van der Waals surface area contributed by atoms with Crippen molar-refractivity contribution < 1.29 is 10.2 Å². The fraction of sp³-hybridized carbons (Fsp3) is 1.00. The summed E-state index contributed by atoms with van der Waals surface area (Å²) in [5, 5.41) is 17.4. The van der Waals surface area contributed by atoms with Crippen molar-refractivity contribution in [2.75, 3.05) is 38.7 Å². The van der Waals surface area contributed by atoms with Gasteiger partial charge in [0, 0.05) is 25.5 Å². The first kappa shape index (κ1) is 12.2. The average Bonchev–Trinajstić information content (AvgIpc) is 2.05. The fourth-order valence-electron chi connectivity index (χ4n) is 1.07. The van der Waals surface area contributed by atoms with E-state index in [-0.39, 0.29) is 13.2 Å². The molecule has 3 nitrogen and oxygen atoms in total. The minimum absolute atomic E-state index is 0.134. The zero-order valence-electron chi connectivity index (χ0n) is 7.54. The van der Waals surface area contributed by atoms with Crippen LogP contribution in [0.3, 0.4) is 0 Å². The normalized spacial score (nSPS) is 13.8. The largest absolute Gasteiger partial charge is 0.395 e. The molecule has 2 N–H and O–H groups in total. The van der Waals surface area contributed by atoms with E-state index in [1.807, 2.05) is 4.90 Å². The quantitative estimate of drug-likeness (QED) is 0.569. The first-order valence-corrected chi connectivity index (χ1v) is 4.78. The molecule has 0 aromatic rings. The molecule has 74 valence electrons. The Balaban J connectivity index is 3.61. The standard InChI is InChI=1S/C8H18ClNO2/c1-8(6-9)7-10(2-4-11)3-5-12/h8,11-12H,2-7H2,1H3. The molecule has 0 rings (SSSR count). The third-order valence-electron chi connectivity index (χ3n) is 1.67. The Morgan fingerprint density at radius 1 is 1.25 bits per heavy atom. The molecule has 0 saturated heterocycles. The lowest BCUT2D eigenvalue weighted by molar-refractivity contribution is 0.150. The van der Waals surface area contributed by atoms with Gasteiger partial charge in [0.2, 0.25) is 0 Å². The topological polar surface area (TPSA) is 43.7 Å². The second-order valence-corrected chi connectivity index (χ2v) is 3.32. The number of rotatable bonds is 7. The molecule has 0 aliphatic rings. The van der Waals surface area contributed by atoms with Gasteiger partial charge in [0.15, 0.2) is 0 Å². The molecule has 0 aliphatic carbocycles. The molecule has 12 heavy (non-hydrogen) atoms. The molecule has 0 aliphatic heterocycles. The second kappa shape index (κ2) is 7.80. The van der Waals surface area contributed by atoms with Gasteiger partial charge >= 0.3 is 0 Å². The van der Waals surface area contributed by atoms with E-state index >= 15 is 0 Å². The smallest absolute Gasteiger partial charge is 0.0558 e. The third-order valence-corrected chi connectivity index (χ3v) is 2.19. The van der Waals surface area contributed by atoms with Crippen LogP contribution in [0.15, 0.2) is 0 Å². The molecule has 0 heterocycles. The average molecular weight is 196 g/mol. The van der Waals surface area contributed by atoms with Crippen molar-refractivity contribution in [1.29, 1.82) is 0 Å². The number of hydrogen-bond donors (Lipinski definition) is 2. The summed E-state index contributed by atoms with van der Waals surface area (Å²) < 4.78 is 0. The number of halogens is 1. The monoisotopic (exact) mass is 195 g/mol. The summed E-state index contributed by atoms with van der Waals surface area (Å²) in [4.78, 5) is 2.01. The fourth-order valence-corrected chi connectivity index (χ4v) is 1.16. The minimum atomic E-state index is 0.134. The minimum Gasteiger partial charge on any atom is -0.395 e. The highest BCUT2D eigenvalue weighted by Crippen LogP contribution is 2.01. The maximum absolute atomic E-state index is 8.69. The van der Waals surface area contributed by atoms with E-state index in [4.69, 9.17) is 21.8 Å². The van der Waals surface area contributed by atoms with Gasteiger partial charge in [0.1, 0.15) is 0 Å². The van der Waals surface area contributed by atoms with Crippen LogP contribution < -0.4 is 0 Å². The summed E-state index contributed by atoms with van der Waals surface area (Å²) in [5.74, 6) is 1.03. The molecule has 0 saturated carbocycles. The first-order valence-electron chi connectivity index (χ1n) is 4.24. The summed E-state index contributed by atoms with van der Waals surface area (Å²) in [7, 11) is 0. The Bertz CT molecular complexity index is 97.1. The van der Waals surface area contributed by atoms with Crippen molar-refractivity contribution in [3.63, 3.8) is 0 Å². The maximum atomic E-state index is 8.69. The van der Waals surface area contributed by atoms with E-state index in [1.165, 1.54) is 0 Å². The molecule has 0 amide bonds. The molecular formula is C8H18ClNO2. The number of alkyl halides is 1. The zero-order valence-corrected chi connectivity index (χ0v) is 8.30. The van der Waals surface area contributed by atoms with Crippen molar-refractivity contribution in [3.8, 4) is 0 Å². The van der Waals surface area contributed by atoms with E-state index in [0.717, 1.165) is 6.54 Å². The molecule has 0 aromatic heterocycles. The lowest BCUT2D eigenvalue weighted by Gasteiger charge is -2.22. The van der Waals surface area contributed by atoms with Gasteiger partial charge in [-0.05, 0) is 5.92 Å². The highest BCUT2D eigenvalue weighted by molar-refractivity contribution is 6.18. The van der Waals surface area contributed by atoms with Crippen LogP contribution in [0.1, 0.15) is 6.92 Å². The van der Waals surface area contributed by atoms with Gasteiger partial charge in [0.25, 0.3) is 0 Å². The van der Waals surface area contributed by atoms with E-state index in [9.17, 15) is 0 Å². The first-order chi connectivity index (χ1) is 5.74. The van der Waals surface area contributed by atoms with Crippen molar-refractivity contribution >= 4 is 11.6 Å². The van der Waals surface area contributed by atoms with Gasteiger partial charge in [-0.3, -0.25) is 4.90 Å². The van der Waals surface area contributed by atoms with Crippen LogP contribution in [-0.4, -0.2) is 53.8 Å². The summed E-state index contributed by atoms with van der Waals surface area (Å²) >= 11 is 5.64. The van der Waals surface area contributed by atoms with Crippen molar-refractivity contribution in [2.45, 2.75) is 6.92 Å². The van der Waals surface area contributed by atoms with Crippen molar-refractivity contribution in [3.05, 3.63) is 0 Å². The Hall–Kier alpha value is 0.170. The Kier molecular flexibility index (Phi) is 7.91. The lowest BCUT2D eigenvalue weighted by atomic mass is 10.2. The van der Waals surface area contributed by atoms with Gasteiger partial charge in [-0.2, -0.15) is 0 Å². The van der Waals surface area contributed by atoms with Crippen LogP contribution >= 0.6 is 11.6 Å². The summed E-state index contributed by atoms with van der Waals surface area (Å²) in [6.07, 6.45) is 0. The number of nitrogens with zero attached hydrogens (tertiary/aromatic N) is 1. The molecule has 0 spiro atoms. The number of hydrogen-bond acceptors (Lipinski definition) is 3. The van der Waals surface area contributed by atoms with E-state index in [1.54, 1.807) is 0 Å². The van der Waals surface area contributed by atoms with Crippen LogP contribution in [0.5, 0.6) is 0 Å². The summed E-state index contributed by atoms with van der Waals surface area (Å²) in [6.45, 7) is 4.38. The molecule has 4 heteroatoms. The van der Waals surface area contributed by atoms with Gasteiger partial charge in [0.05, 0.1) is 13.2 Å². The predicted molar refractivity (Wildman–Crippen MR) is 50.5 cm³/mol. The summed E-state index contributed by atoms with van der Waals surface area (Å²) in [6, 6.07) is 0. The highest BCUT2D eigenvalue weighted by Gasteiger charge is 2.07. The SMILES string of the molecule is CC(CCl)CN(CCO)CCO. The van der Waals surface area contributed by atoms with Crippen LogP contribution in [-0.2, 0) is 0 Å². The van der Waals surface area contributed by atoms with E-state index in [2.05, 4.69) is 6.92 Å². The highest BCUT2D eigenvalue weighted by atomic mass is 35.5. The maximum Gasteiger partial charge on any atom is 0.0558 e. The number of aliphatic hydroxyl groups is 2. The molecule has 0 radical (unpaired) electrons. The Morgan fingerprint density at radius 3 is 2.08 bits per heavy atom. The van der Waals surface area contributed by atoms with Crippen LogP contribution in [0.4, 0.5) is 0 Å². The number of aliphatic hydroxyl groups excluding tert-OH is 2. The zero-order chi connectivity index (χ0) is 9.40. The second-order valence-electron chi connectivity index (χ2n) is 3.01. The van der Waals surface area contributed by atoms with E-state index < -0.39 is 0 Å². The predicted octanol–water partition coefficient (Wildman–Crippen LogP) is 0.148. The molecule has 0 fully saturated rings. The molecule has 1 atom stereocenters. The van der Waals surface area contributed by atoms with Gasteiger partial charge in [-0.15, -0.1) is 11.6 Å². The third kappa shape index (κ3) is 5.77. The van der Waals surface area contributed by atoms with Crippen LogP contribution in [0.2, 0.25) is 0 Å². The van der Waals surface area contributed by atoms with Crippen molar-refractivity contribution in [2.24, 2.45) is 5.92 Å². The van der Waals surface area contributed by atoms with Crippen molar-refractivity contribution in [1.82, 2.24) is 4.90 Å². The summed E-state index contributed by atoms with van der Waals surface area (Å²) in [5.41, 5.74) is 0. The molecule has 1 unspecified atom stereocenters. The van der Waals surface area contributed by atoms with Gasteiger partial charge in [-0.1, -0.05) is 6.92 Å². The Labute approximate surface area is 78.9 Å².